The highest BCUT2D eigenvalue weighted by atomic mass is 35.5. The Morgan fingerprint density at radius 3 is 2.85 bits per heavy atom. The second kappa shape index (κ2) is 4.54. The lowest BCUT2D eigenvalue weighted by molar-refractivity contribution is -0.233. The third kappa shape index (κ3) is 1.97. The molecule has 0 bridgehead atoms. The monoisotopic (exact) mass is 300 g/mol. The predicted octanol–water partition coefficient (Wildman–Crippen LogP) is 2.79. The molecule has 4 atom stereocenters. The highest BCUT2D eigenvalue weighted by Gasteiger charge is 2.70. The quantitative estimate of drug-likeness (QED) is 0.594. The minimum absolute atomic E-state index is 0.0527. The maximum absolute atomic E-state index is 12.3. The highest BCUT2D eigenvalue weighted by Crippen LogP contribution is 2.58. The molecule has 0 N–H and O–H groups in total. The van der Waals surface area contributed by atoms with E-state index in [1.165, 1.54) is 0 Å². The van der Waals surface area contributed by atoms with E-state index in [2.05, 4.69) is 6.58 Å². The summed E-state index contributed by atoms with van der Waals surface area (Å²) in [6, 6.07) is 0. The first-order chi connectivity index (χ1) is 9.32. The van der Waals surface area contributed by atoms with Crippen molar-refractivity contribution >= 4 is 17.4 Å². The summed E-state index contributed by atoms with van der Waals surface area (Å²) in [4.78, 5) is 11.8. The minimum atomic E-state index is -0.932. The van der Waals surface area contributed by atoms with Crippen molar-refractivity contribution in [1.29, 1.82) is 0 Å². The summed E-state index contributed by atoms with van der Waals surface area (Å²) < 4.78 is 17.8. The molecule has 20 heavy (non-hydrogen) atoms. The van der Waals surface area contributed by atoms with Crippen LogP contribution in [0.1, 0.15) is 39.5 Å². The average molecular weight is 301 g/mol. The van der Waals surface area contributed by atoms with Gasteiger partial charge in [0.05, 0.1) is 17.4 Å². The van der Waals surface area contributed by atoms with E-state index in [0.29, 0.717) is 19.3 Å². The summed E-state index contributed by atoms with van der Waals surface area (Å²) in [6.07, 6.45) is 3.83. The molecule has 5 heteroatoms. The molecule has 2 heterocycles. The van der Waals surface area contributed by atoms with Gasteiger partial charge in [-0.15, -0.1) is 18.2 Å². The largest absolute Gasteiger partial charge is 0.343 e. The summed E-state index contributed by atoms with van der Waals surface area (Å²) in [7, 11) is 0. The van der Waals surface area contributed by atoms with Gasteiger partial charge < -0.3 is 14.2 Å². The number of allylic oxidation sites excluding steroid dienone is 1. The van der Waals surface area contributed by atoms with Gasteiger partial charge in [0.1, 0.15) is 11.4 Å². The molecule has 3 rings (SSSR count). The van der Waals surface area contributed by atoms with Gasteiger partial charge in [0.15, 0.2) is 6.79 Å². The van der Waals surface area contributed by atoms with Crippen LogP contribution in [-0.2, 0) is 19.0 Å². The van der Waals surface area contributed by atoms with Crippen molar-refractivity contribution in [1.82, 2.24) is 0 Å². The van der Waals surface area contributed by atoms with Crippen LogP contribution in [0.2, 0.25) is 0 Å². The van der Waals surface area contributed by atoms with Crippen LogP contribution >= 0.6 is 11.6 Å². The molecule has 1 aliphatic carbocycles. The Kier molecular flexibility index (Phi) is 3.29. The molecule has 0 aromatic carbocycles. The molecule has 112 valence electrons. The van der Waals surface area contributed by atoms with E-state index in [1.54, 1.807) is 6.08 Å². The molecule has 2 saturated heterocycles. The van der Waals surface area contributed by atoms with Gasteiger partial charge in [0.25, 0.3) is 0 Å². The molecule has 0 amide bonds. The van der Waals surface area contributed by atoms with Gasteiger partial charge in [0, 0.05) is 12.3 Å². The Bertz CT molecular complexity index is 444. The average Bonchev–Trinajstić information content (AvgIpc) is 2.80. The van der Waals surface area contributed by atoms with Crippen molar-refractivity contribution in [2.45, 2.75) is 61.9 Å². The van der Waals surface area contributed by atoms with Crippen LogP contribution in [0.15, 0.2) is 12.7 Å². The Hall–Kier alpha value is -0.420. The zero-order valence-electron chi connectivity index (χ0n) is 12.0. The van der Waals surface area contributed by atoms with E-state index < -0.39 is 16.3 Å². The number of hydrogen-bond donors (Lipinski definition) is 0. The van der Waals surface area contributed by atoms with E-state index in [0.717, 1.165) is 0 Å². The summed E-state index contributed by atoms with van der Waals surface area (Å²) in [5.74, 6) is -0.819. The Morgan fingerprint density at radius 2 is 2.20 bits per heavy atom. The first-order valence-electron chi connectivity index (χ1n) is 7.10. The zero-order valence-corrected chi connectivity index (χ0v) is 12.7. The van der Waals surface area contributed by atoms with Crippen molar-refractivity contribution in [3.63, 3.8) is 0 Å². The van der Waals surface area contributed by atoms with E-state index in [9.17, 15) is 4.79 Å². The van der Waals surface area contributed by atoms with Crippen molar-refractivity contribution in [3.05, 3.63) is 12.7 Å². The van der Waals surface area contributed by atoms with Crippen LogP contribution in [0.5, 0.6) is 0 Å². The van der Waals surface area contributed by atoms with Crippen molar-refractivity contribution in [3.8, 4) is 0 Å². The van der Waals surface area contributed by atoms with Gasteiger partial charge in [-0.2, -0.15) is 0 Å². The third-order valence-electron chi connectivity index (χ3n) is 4.82. The molecule has 3 aliphatic rings. The molecule has 0 aromatic heterocycles. The van der Waals surface area contributed by atoms with Crippen LogP contribution < -0.4 is 0 Å². The molecule has 0 aromatic rings. The highest BCUT2D eigenvalue weighted by molar-refractivity contribution is 6.23. The Balaban J connectivity index is 1.92. The van der Waals surface area contributed by atoms with Crippen LogP contribution in [0, 0.1) is 5.92 Å². The molecule has 4 nitrogen and oxygen atoms in total. The molecular formula is C15H21ClO4. The van der Waals surface area contributed by atoms with Crippen LogP contribution in [0.25, 0.3) is 0 Å². The third-order valence-corrected chi connectivity index (χ3v) is 5.07. The van der Waals surface area contributed by atoms with Gasteiger partial charge >= 0.3 is 0 Å². The van der Waals surface area contributed by atoms with Crippen molar-refractivity contribution in [2.75, 3.05) is 6.79 Å². The first kappa shape index (κ1) is 14.5. The number of halogens is 1. The Labute approximate surface area is 124 Å². The van der Waals surface area contributed by atoms with Crippen LogP contribution in [0.3, 0.4) is 0 Å². The maximum Gasteiger partial charge on any atom is 0.207 e. The number of alkyl halides is 1. The van der Waals surface area contributed by atoms with Gasteiger partial charge in [-0.1, -0.05) is 6.08 Å². The van der Waals surface area contributed by atoms with Gasteiger partial charge in [-0.3, -0.25) is 4.79 Å². The summed E-state index contributed by atoms with van der Waals surface area (Å²) in [5, 5.41) is 0. The topological polar surface area (TPSA) is 44.8 Å². The number of carbonyl (C=O) groups excluding carboxylic acids is 1. The predicted molar refractivity (Wildman–Crippen MR) is 74.5 cm³/mol. The second-order valence-electron chi connectivity index (χ2n) is 6.60. The zero-order chi connectivity index (χ0) is 14.6. The second-order valence-corrected chi connectivity index (χ2v) is 7.57. The number of rotatable bonds is 3. The minimum Gasteiger partial charge on any atom is -0.343 e. The van der Waals surface area contributed by atoms with Crippen molar-refractivity contribution in [2.24, 2.45) is 5.92 Å². The number of hydrogen-bond acceptors (Lipinski definition) is 4. The molecule has 3 fully saturated rings. The summed E-state index contributed by atoms with van der Waals surface area (Å²) >= 11 is 6.41. The standard InChI is InChI=1S/C15H21ClO4/c1-4-5-10-6-14-8-12(13(2,3)16)20-15(14,7-11(10)17)19-9-18-14/h4,10,12H,1,5-9H2,2-3H3/t10-,12-,14-,15+/m1/s1. The first-order valence-corrected chi connectivity index (χ1v) is 7.48. The van der Waals surface area contributed by atoms with Crippen molar-refractivity contribution < 1.29 is 19.0 Å². The smallest absolute Gasteiger partial charge is 0.207 e. The van der Waals surface area contributed by atoms with E-state index in [-0.39, 0.29) is 31.0 Å². The normalized spacial score (nSPS) is 44.2. The lowest BCUT2D eigenvalue weighted by atomic mass is 9.71. The number of ketones is 1. The number of ether oxygens (including phenoxy) is 3. The SMILES string of the molecule is C=CC[C@@H]1C[C@@]23C[C@H](C(C)(C)Cl)O[C@]2(CC1=O)OCO3. The van der Waals surface area contributed by atoms with E-state index >= 15 is 0 Å². The molecule has 1 saturated carbocycles. The maximum atomic E-state index is 12.3. The molecule has 0 unspecified atom stereocenters. The number of carbonyl (C=O) groups is 1. The molecular weight excluding hydrogens is 280 g/mol. The lowest BCUT2D eigenvalue weighted by Crippen LogP contribution is -2.55. The summed E-state index contributed by atoms with van der Waals surface area (Å²) in [6.45, 7) is 7.76. The van der Waals surface area contributed by atoms with E-state index in [1.807, 2.05) is 13.8 Å². The summed E-state index contributed by atoms with van der Waals surface area (Å²) in [5.41, 5.74) is -0.536. The van der Waals surface area contributed by atoms with Crippen LogP contribution in [0.4, 0.5) is 0 Å². The Morgan fingerprint density at radius 1 is 1.45 bits per heavy atom. The number of Topliss-reactive ketones (excluding diaryl/α,β-unsaturated/α-hetero) is 1. The fourth-order valence-corrected chi connectivity index (χ4v) is 3.76. The van der Waals surface area contributed by atoms with Gasteiger partial charge in [-0.05, 0) is 26.7 Å². The fourth-order valence-electron chi connectivity index (χ4n) is 3.64. The molecule has 0 radical (unpaired) electrons. The molecule has 0 spiro atoms. The molecule has 2 aliphatic heterocycles. The fraction of sp³-hybridized carbons (Fsp3) is 0.800. The van der Waals surface area contributed by atoms with Gasteiger partial charge in [-0.25, -0.2) is 0 Å². The van der Waals surface area contributed by atoms with Gasteiger partial charge in [0.2, 0.25) is 5.79 Å². The lowest BCUT2D eigenvalue weighted by Gasteiger charge is -2.41. The van der Waals surface area contributed by atoms with E-state index in [4.69, 9.17) is 25.8 Å². The van der Waals surface area contributed by atoms with Crippen LogP contribution in [-0.4, -0.2) is 34.9 Å².